The van der Waals surface area contributed by atoms with Gasteiger partial charge >= 0.3 is 0 Å². The van der Waals surface area contributed by atoms with Crippen molar-refractivity contribution in [3.63, 3.8) is 0 Å². The molecule has 0 aromatic heterocycles. The summed E-state index contributed by atoms with van der Waals surface area (Å²) in [6.07, 6.45) is 4.61. The lowest BCUT2D eigenvalue weighted by Gasteiger charge is -2.33. The zero-order valence-corrected chi connectivity index (χ0v) is 17.0. The Kier molecular flexibility index (Phi) is 5.27. The van der Waals surface area contributed by atoms with Crippen molar-refractivity contribution in [1.82, 2.24) is 0 Å². The van der Waals surface area contributed by atoms with Gasteiger partial charge in [-0.15, -0.1) is 11.8 Å². The second-order valence-corrected chi connectivity index (χ2v) is 7.98. The number of ketones is 1. The van der Waals surface area contributed by atoms with Crippen molar-refractivity contribution in [2.45, 2.75) is 43.5 Å². The largest absolute Gasteiger partial charge is 0.357 e. The molecule has 0 radical (unpaired) electrons. The van der Waals surface area contributed by atoms with Gasteiger partial charge in [0, 0.05) is 29.0 Å². The third kappa shape index (κ3) is 3.24. The Hall–Kier alpha value is -2.53. The fraction of sp³-hybridized carbons (Fsp3) is 0.304. The maximum Gasteiger partial charge on any atom is 0.227 e. The van der Waals surface area contributed by atoms with E-state index in [1.807, 2.05) is 54.5 Å². The van der Waals surface area contributed by atoms with Gasteiger partial charge in [0.1, 0.15) is 0 Å². The van der Waals surface area contributed by atoms with Crippen LogP contribution in [0.2, 0.25) is 0 Å². The van der Waals surface area contributed by atoms with Crippen molar-refractivity contribution >= 4 is 34.8 Å². The molecule has 1 aliphatic carbocycles. The number of nitrogens with zero attached hydrogens (tertiary/aromatic N) is 1. The van der Waals surface area contributed by atoms with Gasteiger partial charge < -0.3 is 5.32 Å². The van der Waals surface area contributed by atoms with Crippen molar-refractivity contribution in [3.05, 3.63) is 65.4 Å². The Morgan fingerprint density at radius 1 is 1.14 bits per heavy atom. The van der Waals surface area contributed by atoms with E-state index in [2.05, 4.69) is 17.4 Å². The van der Waals surface area contributed by atoms with Crippen LogP contribution in [0.3, 0.4) is 0 Å². The third-order valence-corrected chi connectivity index (χ3v) is 6.18. The Labute approximate surface area is 170 Å². The van der Waals surface area contributed by atoms with E-state index in [9.17, 15) is 9.59 Å². The molecule has 0 spiro atoms. The van der Waals surface area contributed by atoms with Crippen LogP contribution in [0, 0.1) is 0 Å². The first-order valence-electron chi connectivity index (χ1n) is 9.72. The molecule has 0 fully saturated rings. The monoisotopic (exact) mass is 392 g/mol. The van der Waals surface area contributed by atoms with Gasteiger partial charge in [0.2, 0.25) is 5.91 Å². The summed E-state index contributed by atoms with van der Waals surface area (Å²) in [5, 5.41) is 3.48. The van der Waals surface area contributed by atoms with Gasteiger partial charge in [-0.2, -0.15) is 0 Å². The topological polar surface area (TPSA) is 49.4 Å². The van der Waals surface area contributed by atoms with Crippen molar-refractivity contribution < 1.29 is 9.59 Å². The molecule has 2 aromatic rings. The van der Waals surface area contributed by atoms with E-state index in [0.29, 0.717) is 12.8 Å². The number of Topliss-reactive ketones (excluding diaryl/α,β-unsaturated/α-hetero) is 1. The normalized spacial score (nSPS) is 18.9. The van der Waals surface area contributed by atoms with Crippen LogP contribution in [-0.4, -0.2) is 17.9 Å². The molecule has 5 heteroatoms. The highest BCUT2D eigenvalue weighted by atomic mass is 32.2. The summed E-state index contributed by atoms with van der Waals surface area (Å²) in [6.45, 7) is 1.87. The minimum Gasteiger partial charge on any atom is -0.357 e. The first-order chi connectivity index (χ1) is 13.6. The number of hydrogen-bond acceptors (Lipinski definition) is 4. The SMILES string of the molecule is CCC(=O)N1c2ccccc2NC2=C(C(=O)CCC2)C1c1ccc(SC)cc1. The number of carbonyl (C=O) groups is 2. The number of para-hydroxylation sites is 2. The summed E-state index contributed by atoms with van der Waals surface area (Å²) in [6, 6.07) is 15.7. The summed E-state index contributed by atoms with van der Waals surface area (Å²) >= 11 is 1.68. The summed E-state index contributed by atoms with van der Waals surface area (Å²) in [5.41, 5.74) is 4.38. The molecule has 144 valence electrons. The smallest absolute Gasteiger partial charge is 0.227 e. The maximum absolute atomic E-state index is 13.1. The maximum atomic E-state index is 13.1. The lowest BCUT2D eigenvalue weighted by Crippen LogP contribution is -2.37. The van der Waals surface area contributed by atoms with Crippen LogP contribution in [-0.2, 0) is 9.59 Å². The molecule has 4 rings (SSSR count). The third-order valence-electron chi connectivity index (χ3n) is 5.44. The number of thioether (sulfide) groups is 1. The average molecular weight is 393 g/mol. The Bertz CT molecular complexity index is 949. The number of fused-ring (bicyclic) bond motifs is 1. The Morgan fingerprint density at radius 2 is 1.89 bits per heavy atom. The second-order valence-electron chi connectivity index (χ2n) is 7.10. The minimum atomic E-state index is -0.401. The Morgan fingerprint density at radius 3 is 2.61 bits per heavy atom. The summed E-state index contributed by atoms with van der Waals surface area (Å²) in [4.78, 5) is 29.2. The van der Waals surface area contributed by atoms with E-state index in [1.54, 1.807) is 11.8 Å². The standard InChI is InChI=1S/C23H24N2O2S/c1-3-21(27)25-19-9-5-4-7-17(19)24-18-8-6-10-20(26)22(18)23(25)15-11-13-16(28-2)14-12-15/h4-5,7,9,11-14,23-24H,3,6,8,10H2,1-2H3. The van der Waals surface area contributed by atoms with Crippen LogP contribution in [0.15, 0.2) is 64.7 Å². The quantitative estimate of drug-likeness (QED) is 0.718. The zero-order chi connectivity index (χ0) is 19.7. The van der Waals surface area contributed by atoms with Gasteiger partial charge in [-0.1, -0.05) is 31.2 Å². The molecule has 1 atom stereocenters. The van der Waals surface area contributed by atoms with E-state index in [-0.39, 0.29) is 11.7 Å². The highest BCUT2D eigenvalue weighted by molar-refractivity contribution is 7.98. The number of carbonyl (C=O) groups excluding carboxylic acids is 2. The van der Waals surface area contributed by atoms with Crippen LogP contribution in [0.4, 0.5) is 11.4 Å². The molecular weight excluding hydrogens is 368 g/mol. The van der Waals surface area contributed by atoms with Gasteiger partial charge in [0.15, 0.2) is 5.78 Å². The summed E-state index contributed by atoms with van der Waals surface area (Å²) in [7, 11) is 0. The number of allylic oxidation sites excluding steroid dienone is 1. The first kappa shape index (κ1) is 18.8. The molecule has 4 nitrogen and oxygen atoms in total. The van der Waals surface area contributed by atoms with Crippen LogP contribution < -0.4 is 10.2 Å². The molecule has 1 amide bonds. The lowest BCUT2D eigenvalue weighted by atomic mass is 9.85. The van der Waals surface area contributed by atoms with E-state index < -0.39 is 6.04 Å². The molecule has 1 unspecified atom stereocenters. The summed E-state index contributed by atoms with van der Waals surface area (Å²) in [5.74, 6) is 0.148. The van der Waals surface area contributed by atoms with Crippen LogP contribution in [0.1, 0.15) is 44.2 Å². The number of hydrogen-bond donors (Lipinski definition) is 1. The molecule has 1 N–H and O–H groups in total. The van der Waals surface area contributed by atoms with Gasteiger partial charge in [-0.25, -0.2) is 0 Å². The average Bonchev–Trinajstić information content (AvgIpc) is 2.88. The van der Waals surface area contributed by atoms with Gasteiger partial charge in [0.25, 0.3) is 0 Å². The number of anilines is 2. The summed E-state index contributed by atoms with van der Waals surface area (Å²) < 4.78 is 0. The molecule has 0 saturated carbocycles. The molecule has 0 bridgehead atoms. The molecule has 1 heterocycles. The highest BCUT2D eigenvalue weighted by Crippen LogP contribution is 2.45. The van der Waals surface area contributed by atoms with E-state index in [0.717, 1.165) is 45.9 Å². The van der Waals surface area contributed by atoms with Crippen LogP contribution in [0.5, 0.6) is 0 Å². The second kappa shape index (κ2) is 7.84. The number of amides is 1. The Balaban J connectivity index is 1.97. The molecular formula is C23H24N2O2S. The van der Waals surface area contributed by atoms with E-state index in [4.69, 9.17) is 0 Å². The van der Waals surface area contributed by atoms with Gasteiger partial charge in [-0.3, -0.25) is 14.5 Å². The van der Waals surface area contributed by atoms with Gasteiger partial charge in [-0.05, 0) is 48.9 Å². The molecule has 0 saturated heterocycles. The molecule has 1 aliphatic heterocycles. The number of rotatable bonds is 3. The molecule has 2 aromatic carbocycles. The number of nitrogens with one attached hydrogen (secondary N) is 1. The number of benzene rings is 2. The minimum absolute atomic E-state index is 0.0142. The van der Waals surface area contributed by atoms with Crippen LogP contribution >= 0.6 is 11.8 Å². The van der Waals surface area contributed by atoms with Crippen molar-refractivity contribution in [2.75, 3.05) is 16.5 Å². The molecule has 28 heavy (non-hydrogen) atoms. The predicted octanol–water partition coefficient (Wildman–Crippen LogP) is 5.33. The fourth-order valence-electron chi connectivity index (χ4n) is 4.08. The first-order valence-corrected chi connectivity index (χ1v) is 10.9. The van der Waals surface area contributed by atoms with Crippen molar-refractivity contribution in [2.24, 2.45) is 0 Å². The lowest BCUT2D eigenvalue weighted by molar-refractivity contribution is -0.118. The zero-order valence-electron chi connectivity index (χ0n) is 16.2. The van der Waals surface area contributed by atoms with Crippen LogP contribution in [0.25, 0.3) is 0 Å². The fourth-order valence-corrected chi connectivity index (χ4v) is 4.49. The highest BCUT2D eigenvalue weighted by Gasteiger charge is 2.38. The van der Waals surface area contributed by atoms with Gasteiger partial charge in [0.05, 0.1) is 17.4 Å². The van der Waals surface area contributed by atoms with E-state index >= 15 is 0 Å². The molecule has 2 aliphatic rings. The van der Waals surface area contributed by atoms with Crippen molar-refractivity contribution in [3.8, 4) is 0 Å². The van der Waals surface area contributed by atoms with E-state index in [1.165, 1.54) is 0 Å². The predicted molar refractivity (Wildman–Crippen MR) is 115 cm³/mol. The van der Waals surface area contributed by atoms with Crippen molar-refractivity contribution in [1.29, 1.82) is 0 Å².